The first-order valence-corrected chi connectivity index (χ1v) is 10.6. The van der Waals surface area contributed by atoms with E-state index in [4.69, 9.17) is 4.74 Å². The van der Waals surface area contributed by atoms with Crippen LogP contribution in [0.4, 0.5) is 5.69 Å². The van der Waals surface area contributed by atoms with Gasteiger partial charge in [-0.2, -0.15) is 0 Å². The molecule has 3 amide bonds. The lowest BCUT2D eigenvalue weighted by Crippen LogP contribution is -2.52. The molecule has 2 aliphatic rings. The number of carbonyl (C=O) groups is 3. The fourth-order valence-corrected chi connectivity index (χ4v) is 4.54. The zero-order chi connectivity index (χ0) is 20.4. The van der Waals surface area contributed by atoms with E-state index >= 15 is 0 Å². The molecule has 7 nitrogen and oxygen atoms in total. The lowest BCUT2D eigenvalue weighted by atomic mass is 9.94. The van der Waals surface area contributed by atoms with Gasteiger partial charge in [-0.3, -0.25) is 14.4 Å². The molecule has 1 fully saturated rings. The van der Waals surface area contributed by atoms with Crippen molar-refractivity contribution >= 4 is 34.7 Å². The van der Waals surface area contributed by atoms with Crippen LogP contribution in [0, 0.1) is 5.92 Å². The Morgan fingerprint density at radius 3 is 2.55 bits per heavy atom. The van der Waals surface area contributed by atoms with Gasteiger partial charge in [0.25, 0.3) is 11.8 Å². The molecule has 8 heteroatoms. The van der Waals surface area contributed by atoms with Gasteiger partial charge in [-0.05, 0) is 36.4 Å². The van der Waals surface area contributed by atoms with Gasteiger partial charge in [-0.15, -0.1) is 11.3 Å². The number of piperidine rings is 1. The van der Waals surface area contributed by atoms with Gasteiger partial charge in [0.2, 0.25) is 5.91 Å². The first-order valence-electron chi connectivity index (χ1n) is 9.70. The van der Waals surface area contributed by atoms with Gasteiger partial charge in [-0.25, -0.2) is 0 Å². The number of nitrogens with one attached hydrogen (secondary N) is 1. The third kappa shape index (κ3) is 3.85. The summed E-state index contributed by atoms with van der Waals surface area (Å²) in [5, 5.41) is 4.48. The summed E-state index contributed by atoms with van der Waals surface area (Å²) >= 11 is 1.43. The van der Waals surface area contributed by atoms with E-state index in [1.54, 1.807) is 18.0 Å². The van der Waals surface area contributed by atoms with Crippen LogP contribution in [0.25, 0.3) is 0 Å². The number of likely N-dealkylation sites (N-methyl/N-ethyl adjacent to an activating group) is 1. The Morgan fingerprint density at radius 1 is 1.10 bits per heavy atom. The lowest BCUT2D eigenvalue weighted by molar-refractivity contribution is -0.128. The molecule has 1 aromatic carbocycles. The topological polar surface area (TPSA) is 79.0 Å². The van der Waals surface area contributed by atoms with Gasteiger partial charge in [0.15, 0.2) is 6.10 Å². The Balaban J connectivity index is 1.46. The van der Waals surface area contributed by atoms with Crippen LogP contribution >= 0.6 is 11.3 Å². The number of anilines is 1. The zero-order valence-corrected chi connectivity index (χ0v) is 17.0. The second kappa shape index (κ2) is 8.24. The van der Waals surface area contributed by atoms with Gasteiger partial charge in [0.05, 0.1) is 17.1 Å². The van der Waals surface area contributed by atoms with Crippen molar-refractivity contribution in [3.63, 3.8) is 0 Å². The summed E-state index contributed by atoms with van der Waals surface area (Å²) in [5.74, 6) is 0.110. The van der Waals surface area contributed by atoms with Crippen LogP contribution in [0.15, 0.2) is 41.8 Å². The summed E-state index contributed by atoms with van der Waals surface area (Å²) in [5.41, 5.74) is 0.690. The summed E-state index contributed by atoms with van der Waals surface area (Å²) in [6, 6.07) is 11.0. The van der Waals surface area contributed by atoms with Crippen LogP contribution in [0.2, 0.25) is 0 Å². The summed E-state index contributed by atoms with van der Waals surface area (Å²) in [6.07, 6.45) is 0.486. The third-order valence-corrected chi connectivity index (χ3v) is 6.30. The number of nitrogens with zero attached hydrogens (tertiary/aromatic N) is 2. The first-order chi connectivity index (χ1) is 14.1. The van der Waals surface area contributed by atoms with Crippen LogP contribution < -0.4 is 15.0 Å². The minimum atomic E-state index is -0.737. The second-order valence-corrected chi connectivity index (χ2v) is 8.13. The molecule has 1 aromatic heterocycles. The molecule has 0 aliphatic carbocycles. The monoisotopic (exact) mass is 413 g/mol. The largest absolute Gasteiger partial charge is 0.477 e. The molecule has 1 atom stereocenters. The summed E-state index contributed by atoms with van der Waals surface area (Å²) in [6.45, 7) is 1.29. The summed E-state index contributed by atoms with van der Waals surface area (Å²) < 4.78 is 5.78. The molecule has 2 aliphatic heterocycles. The van der Waals surface area contributed by atoms with E-state index in [2.05, 4.69) is 5.32 Å². The molecule has 1 unspecified atom stereocenters. The maximum atomic E-state index is 13.3. The standard InChI is InChI=1S/C21H23N3O4S/c1-22-19(25)17-13-24(15-5-2-3-6-16(15)28-17)20(26)14-8-10-23(11-9-14)21(27)18-7-4-12-29-18/h2-7,12,14,17H,8-11,13H2,1H3,(H,22,25). The number of benzene rings is 1. The van der Waals surface area contributed by atoms with Crippen molar-refractivity contribution in [2.45, 2.75) is 18.9 Å². The number of amides is 3. The molecule has 0 saturated carbocycles. The van der Waals surface area contributed by atoms with Gasteiger partial charge in [0, 0.05) is 26.1 Å². The Kier molecular flexibility index (Phi) is 5.53. The van der Waals surface area contributed by atoms with Crippen molar-refractivity contribution in [3.05, 3.63) is 46.7 Å². The Labute approximate surface area is 173 Å². The number of likely N-dealkylation sites (tertiary alicyclic amines) is 1. The number of ether oxygens (including phenoxy) is 1. The first kappa shape index (κ1) is 19.4. The van der Waals surface area contributed by atoms with E-state index in [0.29, 0.717) is 37.4 Å². The van der Waals surface area contributed by atoms with E-state index in [1.165, 1.54) is 11.3 Å². The van der Waals surface area contributed by atoms with E-state index in [0.717, 1.165) is 4.88 Å². The Bertz CT molecular complexity index is 906. The predicted molar refractivity (Wildman–Crippen MR) is 110 cm³/mol. The van der Waals surface area contributed by atoms with Crippen LogP contribution in [-0.4, -0.2) is 55.4 Å². The number of thiophene rings is 1. The normalized spacial score (nSPS) is 19.3. The highest BCUT2D eigenvalue weighted by atomic mass is 32.1. The highest BCUT2D eigenvalue weighted by Crippen LogP contribution is 2.35. The van der Waals surface area contributed by atoms with Gasteiger partial charge < -0.3 is 19.9 Å². The van der Waals surface area contributed by atoms with E-state index in [9.17, 15) is 14.4 Å². The summed E-state index contributed by atoms with van der Waals surface area (Å²) in [7, 11) is 1.55. The van der Waals surface area contributed by atoms with Crippen molar-refractivity contribution in [2.24, 2.45) is 5.92 Å². The minimum Gasteiger partial charge on any atom is -0.477 e. The molecule has 0 radical (unpaired) electrons. The quantitative estimate of drug-likeness (QED) is 0.836. The lowest BCUT2D eigenvalue weighted by Gasteiger charge is -2.38. The SMILES string of the molecule is CNC(=O)C1CN(C(=O)C2CCN(C(=O)c3cccs3)CC2)c2ccccc2O1. The molecule has 0 spiro atoms. The number of fused-ring (bicyclic) bond motifs is 1. The van der Waals surface area contributed by atoms with Crippen LogP contribution in [-0.2, 0) is 9.59 Å². The van der Waals surface area contributed by atoms with Crippen molar-refractivity contribution in [1.29, 1.82) is 0 Å². The molecule has 4 rings (SSSR count). The molecule has 1 saturated heterocycles. The zero-order valence-electron chi connectivity index (χ0n) is 16.2. The molecule has 1 N–H and O–H groups in total. The number of hydrogen-bond acceptors (Lipinski definition) is 5. The molecule has 0 bridgehead atoms. The molecule has 29 heavy (non-hydrogen) atoms. The fraction of sp³-hybridized carbons (Fsp3) is 0.381. The molecule has 2 aromatic rings. The maximum Gasteiger partial charge on any atom is 0.263 e. The number of para-hydroxylation sites is 2. The molecular weight excluding hydrogens is 390 g/mol. The number of hydrogen-bond donors (Lipinski definition) is 1. The molecule has 3 heterocycles. The van der Waals surface area contributed by atoms with E-state index < -0.39 is 6.10 Å². The van der Waals surface area contributed by atoms with Gasteiger partial charge in [0.1, 0.15) is 5.75 Å². The van der Waals surface area contributed by atoms with Gasteiger partial charge in [-0.1, -0.05) is 18.2 Å². The molecular formula is C21H23N3O4S. The minimum absolute atomic E-state index is 0.0159. The average Bonchev–Trinajstić information content (AvgIpc) is 3.32. The Hall–Kier alpha value is -2.87. The maximum absolute atomic E-state index is 13.3. The van der Waals surface area contributed by atoms with Crippen LogP contribution in [0.1, 0.15) is 22.5 Å². The van der Waals surface area contributed by atoms with Crippen molar-refractivity contribution in [3.8, 4) is 5.75 Å². The Morgan fingerprint density at radius 2 is 1.86 bits per heavy atom. The van der Waals surface area contributed by atoms with E-state index in [-0.39, 0.29) is 30.2 Å². The highest BCUT2D eigenvalue weighted by Gasteiger charge is 2.37. The smallest absolute Gasteiger partial charge is 0.263 e. The summed E-state index contributed by atoms with van der Waals surface area (Å²) in [4.78, 5) is 42.2. The van der Waals surface area contributed by atoms with Crippen molar-refractivity contribution < 1.29 is 19.1 Å². The highest BCUT2D eigenvalue weighted by molar-refractivity contribution is 7.12. The van der Waals surface area contributed by atoms with E-state index in [1.807, 2.05) is 40.6 Å². The third-order valence-electron chi connectivity index (χ3n) is 5.44. The van der Waals surface area contributed by atoms with Gasteiger partial charge >= 0.3 is 0 Å². The van der Waals surface area contributed by atoms with Crippen molar-refractivity contribution in [1.82, 2.24) is 10.2 Å². The second-order valence-electron chi connectivity index (χ2n) is 7.18. The van der Waals surface area contributed by atoms with Crippen LogP contribution in [0.5, 0.6) is 5.75 Å². The number of rotatable bonds is 3. The fourth-order valence-electron chi connectivity index (χ4n) is 3.85. The van der Waals surface area contributed by atoms with Crippen LogP contribution in [0.3, 0.4) is 0 Å². The average molecular weight is 413 g/mol. The van der Waals surface area contributed by atoms with Crippen molar-refractivity contribution in [2.75, 3.05) is 31.6 Å². The predicted octanol–water partition coefficient (Wildman–Crippen LogP) is 2.14. The molecule has 152 valence electrons. The number of carbonyl (C=O) groups excluding carboxylic acids is 3.